The minimum absolute atomic E-state index is 0.199. The van der Waals surface area contributed by atoms with Crippen LogP contribution >= 0.6 is 0 Å². The predicted octanol–water partition coefficient (Wildman–Crippen LogP) is 0.560. The molecule has 0 aromatic carbocycles. The van der Waals surface area contributed by atoms with Crippen molar-refractivity contribution < 1.29 is 4.79 Å². The van der Waals surface area contributed by atoms with E-state index in [1.165, 1.54) is 0 Å². The highest BCUT2D eigenvalue weighted by Gasteiger charge is 2.41. The Morgan fingerprint density at radius 2 is 2.42 bits per heavy atom. The predicted molar refractivity (Wildman–Crippen MR) is 43.7 cm³/mol. The maximum absolute atomic E-state index is 10.7. The number of H-pyrrole nitrogens is 1. The quantitative estimate of drug-likeness (QED) is 0.672. The summed E-state index contributed by atoms with van der Waals surface area (Å²) in [5.74, 6) is -0.446. The third-order valence-electron chi connectivity index (χ3n) is 2.46. The number of carbonyl (C=O) groups excluding carboxylic acids is 1. The van der Waals surface area contributed by atoms with Crippen molar-refractivity contribution >= 4 is 5.91 Å². The van der Waals surface area contributed by atoms with Crippen LogP contribution in [-0.4, -0.2) is 16.1 Å². The molecule has 1 aromatic rings. The number of nitrogens with two attached hydrogens (primary N) is 1. The number of hydrogen-bond acceptors (Lipinski definition) is 2. The summed E-state index contributed by atoms with van der Waals surface area (Å²) in [5, 5.41) is 6.67. The zero-order valence-corrected chi connectivity index (χ0v) is 6.92. The summed E-state index contributed by atoms with van der Waals surface area (Å²) in [6, 6.07) is 1.75. The van der Waals surface area contributed by atoms with Gasteiger partial charge in [-0.15, -0.1) is 0 Å². The van der Waals surface area contributed by atoms with Gasteiger partial charge in [0.05, 0.1) is 5.69 Å². The lowest BCUT2D eigenvalue weighted by molar-refractivity contribution is 0.0995. The van der Waals surface area contributed by atoms with E-state index in [2.05, 4.69) is 17.1 Å². The largest absolute Gasteiger partial charge is 0.364 e. The zero-order valence-electron chi connectivity index (χ0n) is 6.92. The van der Waals surface area contributed by atoms with Crippen LogP contribution in [-0.2, 0) is 5.41 Å². The highest BCUT2D eigenvalue weighted by atomic mass is 16.1. The Bertz CT molecular complexity index is 325. The molecule has 0 aliphatic heterocycles. The molecule has 1 amide bonds. The zero-order chi connectivity index (χ0) is 8.77. The van der Waals surface area contributed by atoms with Crippen LogP contribution in [0.3, 0.4) is 0 Å². The van der Waals surface area contributed by atoms with E-state index in [-0.39, 0.29) is 5.41 Å². The minimum atomic E-state index is -0.446. The van der Waals surface area contributed by atoms with Crippen molar-refractivity contribution in [2.24, 2.45) is 5.73 Å². The summed E-state index contributed by atoms with van der Waals surface area (Å²) in [5.41, 5.74) is 6.64. The molecular weight excluding hydrogens is 154 g/mol. The van der Waals surface area contributed by atoms with E-state index in [4.69, 9.17) is 5.73 Å². The van der Waals surface area contributed by atoms with Gasteiger partial charge in [-0.3, -0.25) is 9.89 Å². The average molecular weight is 165 g/mol. The van der Waals surface area contributed by atoms with Crippen molar-refractivity contribution in [3.05, 3.63) is 17.5 Å². The lowest BCUT2D eigenvalue weighted by Gasteiger charge is -1.99. The van der Waals surface area contributed by atoms with Crippen LogP contribution in [0.2, 0.25) is 0 Å². The molecule has 1 aliphatic rings. The molecule has 1 aliphatic carbocycles. The minimum Gasteiger partial charge on any atom is -0.364 e. The smallest absolute Gasteiger partial charge is 0.266 e. The fourth-order valence-electron chi connectivity index (χ4n) is 1.20. The highest BCUT2D eigenvalue weighted by Crippen LogP contribution is 2.46. The van der Waals surface area contributed by atoms with Crippen molar-refractivity contribution in [2.45, 2.75) is 25.2 Å². The first kappa shape index (κ1) is 7.34. The standard InChI is InChI=1S/C8H11N3O/c1-8(2-3-8)6-4-5(7(9)12)10-11-6/h4H,2-3H2,1H3,(H2,9,12)(H,10,11). The number of rotatable bonds is 2. The molecule has 1 saturated carbocycles. The molecule has 0 spiro atoms. The first-order valence-corrected chi connectivity index (χ1v) is 3.97. The second kappa shape index (κ2) is 2.09. The van der Waals surface area contributed by atoms with Gasteiger partial charge in [0.1, 0.15) is 5.69 Å². The van der Waals surface area contributed by atoms with E-state index < -0.39 is 5.91 Å². The topological polar surface area (TPSA) is 71.8 Å². The Morgan fingerprint density at radius 1 is 1.75 bits per heavy atom. The van der Waals surface area contributed by atoms with E-state index in [1.54, 1.807) is 6.07 Å². The summed E-state index contributed by atoms with van der Waals surface area (Å²) >= 11 is 0. The normalized spacial score (nSPS) is 19.1. The van der Waals surface area contributed by atoms with E-state index in [1.807, 2.05) is 0 Å². The maximum atomic E-state index is 10.7. The molecule has 0 saturated heterocycles. The Hall–Kier alpha value is -1.32. The summed E-state index contributed by atoms with van der Waals surface area (Å²) in [6.07, 6.45) is 2.30. The summed E-state index contributed by atoms with van der Waals surface area (Å²) in [7, 11) is 0. The molecule has 0 unspecified atom stereocenters. The van der Waals surface area contributed by atoms with Crippen molar-refractivity contribution in [2.75, 3.05) is 0 Å². The summed E-state index contributed by atoms with van der Waals surface area (Å²) < 4.78 is 0. The first-order chi connectivity index (χ1) is 5.62. The van der Waals surface area contributed by atoms with Crippen molar-refractivity contribution in [3.63, 3.8) is 0 Å². The van der Waals surface area contributed by atoms with Crippen molar-refractivity contribution in [1.82, 2.24) is 10.2 Å². The van der Waals surface area contributed by atoms with Crippen LogP contribution in [0.4, 0.5) is 0 Å². The lowest BCUT2D eigenvalue weighted by Crippen LogP contribution is -2.11. The van der Waals surface area contributed by atoms with Gasteiger partial charge in [0.2, 0.25) is 0 Å². The molecule has 1 fully saturated rings. The number of primary amides is 1. The fourth-order valence-corrected chi connectivity index (χ4v) is 1.20. The van der Waals surface area contributed by atoms with Crippen LogP contribution in [0.25, 0.3) is 0 Å². The summed E-state index contributed by atoms with van der Waals surface area (Å²) in [4.78, 5) is 10.7. The monoisotopic (exact) mass is 165 g/mol. The van der Waals surface area contributed by atoms with Crippen LogP contribution in [0, 0.1) is 0 Å². The molecule has 0 bridgehead atoms. The van der Waals surface area contributed by atoms with Gasteiger partial charge >= 0.3 is 0 Å². The molecule has 1 aromatic heterocycles. The van der Waals surface area contributed by atoms with E-state index in [0.29, 0.717) is 5.69 Å². The molecular formula is C8H11N3O. The summed E-state index contributed by atoms with van der Waals surface area (Å²) in [6.45, 7) is 2.13. The van der Waals surface area contributed by atoms with Gasteiger partial charge in [-0.2, -0.15) is 5.10 Å². The number of nitrogens with one attached hydrogen (secondary N) is 1. The number of carbonyl (C=O) groups is 1. The molecule has 2 rings (SSSR count). The van der Waals surface area contributed by atoms with Gasteiger partial charge in [0.15, 0.2) is 0 Å². The fraction of sp³-hybridized carbons (Fsp3) is 0.500. The maximum Gasteiger partial charge on any atom is 0.266 e. The Kier molecular flexibility index (Phi) is 1.28. The van der Waals surface area contributed by atoms with Crippen molar-refractivity contribution in [3.8, 4) is 0 Å². The number of aromatic amines is 1. The van der Waals surface area contributed by atoms with E-state index in [0.717, 1.165) is 18.5 Å². The Labute approximate surface area is 70.1 Å². The first-order valence-electron chi connectivity index (χ1n) is 3.97. The van der Waals surface area contributed by atoms with Gasteiger partial charge in [0.25, 0.3) is 5.91 Å². The van der Waals surface area contributed by atoms with Crippen LogP contribution in [0.15, 0.2) is 6.07 Å². The van der Waals surface area contributed by atoms with Crippen molar-refractivity contribution in [1.29, 1.82) is 0 Å². The third kappa shape index (κ3) is 0.995. The van der Waals surface area contributed by atoms with Gasteiger partial charge in [-0.25, -0.2) is 0 Å². The van der Waals surface area contributed by atoms with Gasteiger partial charge < -0.3 is 5.73 Å². The van der Waals surface area contributed by atoms with Gasteiger partial charge in [-0.05, 0) is 18.9 Å². The van der Waals surface area contributed by atoms with E-state index in [9.17, 15) is 4.79 Å². The second-order valence-corrected chi connectivity index (χ2v) is 3.59. The van der Waals surface area contributed by atoms with Gasteiger partial charge in [-0.1, -0.05) is 6.92 Å². The molecule has 4 nitrogen and oxygen atoms in total. The molecule has 0 atom stereocenters. The van der Waals surface area contributed by atoms with E-state index >= 15 is 0 Å². The van der Waals surface area contributed by atoms with Crippen LogP contribution in [0.5, 0.6) is 0 Å². The highest BCUT2D eigenvalue weighted by molar-refractivity contribution is 5.90. The molecule has 3 N–H and O–H groups in total. The number of hydrogen-bond donors (Lipinski definition) is 2. The number of amides is 1. The lowest BCUT2D eigenvalue weighted by atomic mass is 10.1. The number of aromatic nitrogens is 2. The Balaban J connectivity index is 2.30. The second-order valence-electron chi connectivity index (χ2n) is 3.59. The molecule has 12 heavy (non-hydrogen) atoms. The average Bonchev–Trinajstić information content (AvgIpc) is 2.61. The Morgan fingerprint density at radius 3 is 2.83 bits per heavy atom. The molecule has 1 heterocycles. The van der Waals surface area contributed by atoms with Gasteiger partial charge in [0, 0.05) is 5.41 Å². The SMILES string of the molecule is CC1(c2cc(C(N)=O)[nH]n2)CC1. The molecule has 64 valence electrons. The van der Waals surface area contributed by atoms with Crippen LogP contribution < -0.4 is 5.73 Å². The third-order valence-corrected chi connectivity index (χ3v) is 2.46. The molecule has 0 radical (unpaired) electrons. The van der Waals surface area contributed by atoms with Crippen LogP contribution in [0.1, 0.15) is 35.9 Å². The molecule has 4 heteroatoms. The number of nitrogens with zero attached hydrogens (tertiary/aromatic N) is 1.